The molecule has 2 aromatic heterocycles. The molecule has 1 fully saturated rings. The summed E-state index contributed by atoms with van der Waals surface area (Å²) in [4.78, 5) is 8.34. The van der Waals surface area contributed by atoms with Crippen molar-refractivity contribution in [2.45, 2.75) is 31.6 Å². The molecule has 16 heavy (non-hydrogen) atoms. The molecule has 0 amide bonds. The van der Waals surface area contributed by atoms with Crippen molar-refractivity contribution in [2.75, 3.05) is 0 Å². The third kappa shape index (κ3) is 1.28. The minimum Gasteiger partial charge on any atom is -0.287 e. The van der Waals surface area contributed by atoms with E-state index in [0.717, 1.165) is 5.69 Å². The van der Waals surface area contributed by atoms with Crippen LogP contribution in [0, 0.1) is 11.3 Å². The van der Waals surface area contributed by atoms with Crippen molar-refractivity contribution in [1.82, 2.24) is 14.4 Å². The molecule has 1 saturated carbocycles. The number of nitriles is 1. The van der Waals surface area contributed by atoms with Gasteiger partial charge in [0.15, 0.2) is 0 Å². The van der Waals surface area contributed by atoms with Gasteiger partial charge in [-0.3, -0.25) is 4.40 Å². The van der Waals surface area contributed by atoms with Crippen LogP contribution in [-0.2, 0) is 0 Å². The van der Waals surface area contributed by atoms with Gasteiger partial charge in [-0.2, -0.15) is 5.26 Å². The summed E-state index contributed by atoms with van der Waals surface area (Å²) in [6, 6.07) is 2.24. The van der Waals surface area contributed by atoms with Crippen molar-refractivity contribution in [3.8, 4) is 6.07 Å². The van der Waals surface area contributed by atoms with Crippen LogP contribution in [0.2, 0.25) is 0 Å². The Kier molecular flexibility index (Phi) is 2.10. The number of imidazole rings is 1. The van der Waals surface area contributed by atoms with Gasteiger partial charge in [0.05, 0.1) is 11.8 Å². The van der Waals surface area contributed by atoms with E-state index in [2.05, 4.69) is 16.0 Å². The van der Waals surface area contributed by atoms with Crippen molar-refractivity contribution in [1.29, 1.82) is 5.26 Å². The molecule has 0 atom stereocenters. The average molecular weight is 212 g/mol. The van der Waals surface area contributed by atoms with Gasteiger partial charge < -0.3 is 0 Å². The smallest absolute Gasteiger partial charge is 0.233 e. The first kappa shape index (κ1) is 9.34. The van der Waals surface area contributed by atoms with E-state index in [1.807, 2.05) is 10.6 Å². The molecular formula is C12H12N4. The molecule has 0 unspecified atom stereocenters. The highest BCUT2D eigenvalue weighted by Gasteiger charge is 2.23. The van der Waals surface area contributed by atoms with Crippen molar-refractivity contribution in [2.24, 2.45) is 0 Å². The molecule has 0 radical (unpaired) electrons. The molecule has 0 N–H and O–H groups in total. The summed E-state index contributed by atoms with van der Waals surface area (Å²) in [5, 5.41) is 9.15. The molecule has 1 aliphatic rings. The van der Waals surface area contributed by atoms with Gasteiger partial charge >= 0.3 is 0 Å². The van der Waals surface area contributed by atoms with Gasteiger partial charge in [-0.05, 0) is 12.8 Å². The first-order valence-corrected chi connectivity index (χ1v) is 5.62. The Hall–Kier alpha value is -1.89. The number of hydrogen-bond acceptors (Lipinski definition) is 3. The second-order valence-electron chi connectivity index (χ2n) is 4.25. The second kappa shape index (κ2) is 3.60. The molecule has 80 valence electrons. The predicted molar refractivity (Wildman–Crippen MR) is 58.9 cm³/mol. The van der Waals surface area contributed by atoms with Crippen molar-refractivity contribution in [3.05, 3.63) is 29.8 Å². The van der Waals surface area contributed by atoms with Crippen molar-refractivity contribution < 1.29 is 0 Å². The Bertz CT molecular complexity index is 558. The maximum Gasteiger partial charge on any atom is 0.233 e. The molecule has 2 heterocycles. The van der Waals surface area contributed by atoms with E-state index in [4.69, 9.17) is 5.26 Å². The first-order chi connectivity index (χ1) is 7.90. The zero-order chi connectivity index (χ0) is 11.0. The van der Waals surface area contributed by atoms with Gasteiger partial charge in [-0.15, -0.1) is 0 Å². The lowest BCUT2D eigenvalue weighted by Gasteiger charge is -2.13. The highest BCUT2D eigenvalue weighted by Crippen LogP contribution is 2.35. The fraction of sp³-hybridized carbons (Fsp3) is 0.417. The number of fused-ring (bicyclic) bond motifs is 1. The third-order valence-electron chi connectivity index (χ3n) is 3.33. The summed E-state index contributed by atoms with van der Waals surface area (Å²) < 4.78 is 1.97. The van der Waals surface area contributed by atoms with E-state index in [-0.39, 0.29) is 0 Å². The van der Waals surface area contributed by atoms with Crippen LogP contribution >= 0.6 is 0 Å². The normalized spacial score (nSPS) is 16.7. The standard InChI is InChI=1S/C12H12N4/c13-7-10-8-15-12-14-5-6-16(12)11(10)9-3-1-2-4-9/h5-6,8-9H,1-4H2. The Morgan fingerprint density at radius 2 is 2.12 bits per heavy atom. The molecule has 2 aromatic rings. The fourth-order valence-electron chi connectivity index (χ4n) is 2.60. The molecule has 0 spiro atoms. The van der Waals surface area contributed by atoms with Crippen LogP contribution in [0.1, 0.15) is 42.9 Å². The maximum atomic E-state index is 9.15. The third-order valence-corrected chi connectivity index (χ3v) is 3.33. The van der Waals surface area contributed by atoms with Crippen LogP contribution in [0.15, 0.2) is 18.6 Å². The Labute approximate surface area is 93.6 Å². The van der Waals surface area contributed by atoms with Gasteiger partial charge in [-0.1, -0.05) is 12.8 Å². The number of aromatic nitrogens is 3. The zero-order valence-electron chi connectivity index (χ0n) is 8.93. The van der Waals surface area contributed by atoms with Crippen LogP contribution < -0.4 is 0 Å². The quantitative estimate of drug-likeness (QED) is 0.728. The molecule has 0 aliphatic heterocycles. The molecule has 0 bridgehead atoms. The van der Waals surface area contributed by atoms with Gasteiger partial charge in [0, 0.05) is 24.0 Å². The molecule has 0 saturated heterocycles. The number of nitrogens with zero attached hydrogens (tertiary/aromatic N) is 4. The molecule has 4 nitrogen and oxygen atoms in total. The molecule has 0 aromatic carbocycles. The van der Waals surface area contributed by atoms with E-state index in [9.17, 15) is 0 Å². The summed E-state index contributed by atoms with van der Waals surface area (Å²) >= 11 is 0. The SMILES string of the molecule is N#Cc1cnc2nccn2c1C1CCCC1. The van der Waals surface area contributed by atoms with Gasteiger partial charge in [0.2, 0.25) is 5.78 Å². The second-order valence-corrected chi connectivity index (χ2v) is 4.25. The minimum absolute atomic E-state index is 0.495. The number of hydrogen-bond donors (Lipinski definition) is 0. The van der Waals surface area contributed by atoms with Crippen LogP contribution in [0.3, 0.4) is 0 Å². The summed E-state index contributed by atoms with van der Waals surface area (Å²) in [5.41, 5.74) is 1.79. The highest BCUT2D eigenvalue weighted by atomic mass is 15.1. The lowest BCUT2D eigenvalue weighted by Crippen LogP contribution is -2.06. The molecule has 4 heteroatoms. The van der Waals surface area contributed by atoms with E-state index in [0.29, 0.717) is 17.3 Å². The average Bonchev–Trinajstić information content (AvgIpc) is 2.98. The van der Waals surface area contributed by atoms with Crippen molar-refractivity contribution in [3.63, 3.8) is 0 Å². The first-order valence-electron chi connectivity index (χ1n) is 5.62. The van der Waals surface area contributed by atoms with Crippen LogP contribution in [0.4, 0.5) is 0 Å². The molecule has 3 rings (SSSR count). The molecular weight excluding hydrogens is 200 g/mol. The lowest BCUT2D eigenvalue weighted by atomic mass is 10.00. The van der Waals surface area contributed by atoms with E-state index < -0.39 is 0 Å². The molecule has 1 aliphatic carbocycles. The largest absolute Gasteiger partial charge is 0.287 e. The lowest BCUT2D eigenvalue weighted by molar-refractivity contribution is 0.680. The minimum atomic E-state index is 0.495. The Morgan fingerprint density at radius 3 is 2.88 bits per heavy atom. The van der Waals surface area contributed by atoms with Crippen LogP contribution in [-0.4, -0.2) is 14.4 Å². The van der Waals surface area contributed by atoms with Crippen LogP contribution in [0.25, 0.3) is 5.78 Å². The predicted octanol–water partition coefficient (Wildman–Crippen LogP) is 2.26. The van der Waals surface area contributed by atoms with E-state index in [1.165, 1.54) is 25.7 Å². The maximum absolute atomic E-state index is 9.15. The van der Waals surface area contributed by atoms with Gasteiger partial charge in [0.25, 0.3) is 0 Å². The zero-order valence-corrected chi connectivity index (χ0v) is 8.93. The topological polar surface area (TPSA) is 54.0 Å². The Balaban J connectivity index is 2.25. The number of rotatable bonds is 1. The summed E-state index contributed by atoms with van der Waals surface area (Å²) in [7, 11) is 0. The van der Waals surface area contributed by atoms with E-state index in [1.54, 1.807) is 12.4 Å². The van der Waals surface area contributed by atoms with Gasteiger partial charge in [0.1, 0.15) is 6.07 Å². The summed E-state index contributed by atoms with van der Waals surface area (Å²) in [6.07, 6.45) is 10.1. The van der Waals surface area contributed by atoms with Gasteiger partial charge in [-0.25, -0.2) is 9.97 Å². The monoisotopic (exact) mass is 212 g/mol. The Morgan fingerprint density at radius 1 is 1.31 bits per heavy atom. The van der Waals surface area contributed by atoms with Crippen LogP contribution in [0.5, 0.6) is 0 Å². The highest BCUT2D eigenvalue weighted by molar-refractivity contribution is 5.41. The summed E-state index contributed by atoms with van der Waals surface area (Å²) in [6.45, 7) is 0. The van der Waals surface area contributed by atoms with Crippen molar-refractivity contribution >= 4 is 5.78 Å². The summed E-state index contributed by atoms with van der Waals surface area (Å²) in [5.74, 6) is 1.19. The fourth-order valence-corrected chi connectivity index (χ4v) is 2.60. The van der Waals surface area contributed by atoms with E-state index >= 15 is 0 Å².